The first-order chi connectivity index (χ1) is 9.29. The molecule has 1 atom stereocenters. The Labute approximate surface area is 125 Å². The molecule has 0 aliphatic heterocycles. The quantitative estimate of drug-likeness (QED) is 0.940. The molecular weight excluding hydrogens is 268 g/mol. The van der Waals surface area contributed by atoms with Crippen LogP contribution in [0.15, 0.2) is 12.3 Å². The largest absolute Gasteiger partial charge is 0.304 e. The number of thiazole rings is 1. The summed E-state index contributed by atoms with van der Waals surface area (Å²) in [6.45, 7) is 11.8. The van der Waals surface area contributed by atoms with E-state index in [0.717, 1.165) is 12.2 Å². The minimum absolute atomic E-state index is 0.120. The number of nitrogens with one attached hydrogen (secondary N) is 1. The van der Waals surface area contributed by atoms with Crippen molar-refractivity contribution in [2.45, 2.75) is 52.6 Å². The molecule has 0 radical (unpaired) electrons. The molecule has 0 amide bonds. The highest BCUT2D eigenvalue weighted by Crippen LogP contribution is 2.32. The van der Waals surface area contributed by atoms with Gasteiger partial charge >= 0.3 is 0 Å². The van der Waals surface area contributed by atoms with E-state index in [2.05, 4.69) is 45.0 Å². The molecule has 0 saturated carbocycles. The second kappa shape index (κ2) is 5.66. The van der Waals surface area contributed by atoms with Gasteiger partial charge in [0.2, 0.25) is 0 Å². The highest BCUT2D eigenvalue weighted by Gasteiger charge is 2.22. The van der Waals surface area contributed by atoms with E-state index in [1.54, 1.807) is 0 Å². The molecule has 2 aromatic heterocycles. The van der Waals surface area contributed by atoms with Crippen LogP contribution in [0.2, 0.25) is 0 Å². The summed E-state index contributed by atoms with van der Waals surface area (Å²) in [6, 6.07) is 2.35. The summed E-state index contributed by atoms with van der Waals surface area (Å²) in [6.07, 6.45) is 1.83. The van der Waals surface area contributed by atoms with Crippen LogP contribution in [0.3, 0.4) is 0 Å². The van der Waals surface area contributed by atoms with Gasteiger partial charge in [-0.15, -0.1) is 11.3 Å². The van der Waals surface area contributed by atoms with Gasteiger partial charge < -0.3 is 5.32 Å². The maximum Gasteiger partial charge on any atom is 0.0985 e. The Morgan fingerprint density at radius 1 is 1.40 bits per heavy atom. The van der Waals surface area contributed by atoms with Crippen molar-refractivity contribution in [1.82, 2.24) is 20.1 Å². The molecule has 5 heteroatoms. The van der Waals surface area contributed by atoms with Gasteiger partial charge in [-0.05, 0) is 19.9 Å². The standard InChI is InChI=1S/C15H24N4S/c1-10(16-9-12-7-8-17-19(12)6)13-11(2)18-14(20-13)15(3,4)5/h7-8,10,16H,9H2,1-6H3. The van der Waals surface area contributed by atoms with Gasteiger partial charge in [0.15, 0.2) is 0 Å². The van der Waals surface area contributed by atoms with Gasteiger partial charge in [-0.25, -0.2) is 4.98 Å². The van der Waals surface area contributed by atoms with Gasteiger partial charge in [0.1, 0.15) is 0 Å². The van der Waals surface area contributed by atoms with Crippen LogP contribution >= 0.6 is 11.3 Å². The van der Waals surface area contributed by atoms with E-state index in [9.17, 15) is 0 Å². The predicted molar refractivity (Wildman–Crippen MR) is 84.0 cm³/mol. The fourth-order valence-corrected chi connectivity index (χ4v) is 3.21. The molecule has 0 saturated heterocycles. The van der Waals surface area contributed by atoms with Crippen LogP contribution in [-0.2, 0) is 19.0 Å². The summed E-state index contributed by atoms with van der Waals surface area (Å²) in [5.74, 6) is 0. The Morgan fingerprint density at radius 3 is 2.60 bits per heavy atom. The van der Waals surface area contributed by atoms with Crippen molar-refractivity contribution in [2.75, 3.05) is 0 Å². The number of nitrogens with zero attached hydrogens (tertiary/aromatic N) is 3. The Balaban J connectivity index is 2.08. The van der Waals surface area contributed by atoms with Crippen LogP contribution in [0.25, 0.3) is 0 Å². The van der Waals surface area contributed by atoms with Crippen molar-refractivity contribution in [3.05, 3.63) is 33.5 Å². The molecule has 0 aliphatic carbocycles. The second-order valence-electron chi connectivity index (χ2n) is 6.27. The Morgan fingerprint density at radius 2 is 2.10 bits per heavy atom. The molecule has 0 aliphatic rings. The van der Waals surface area contributed by atoms with Gasteiger partial charge in [0.25, 0.3) is 0 Å². The topological polar surface area (TPSA) is 42.7 Å². The lowest BCUT2D eigenvalue weighted by Crippen LogP contribution is -2.19. The summed E-state index contributed by atoms with van der Waals surface area (Å²) in [4.78, 5) is 6.06. The number of hydrogen-bond donors (Lipinski definition) is 1. The van der Waals surface area contributed by atoms with Crippen LogP contribution in [0, 0.1) is 6.92 Å². The zero-order chi connectivity index (χ0) is 14.9. The Kier molecular flexibility index (Phi) is 4.30. The minimum Gasteiger partial charge on any atom is -0.304 e. The average molecular weight is 292 g/mol. The predicted octanol–water partition coefficient (Wildman–Crippen LogP) is 3.33. The second-order valence-corrected chi connectivity index (χ2v) is 7.30. The molecule has 0 spiro atoms. The van der Waals surface area contributed by atoms with E-state index < -0.39 is 0 Å². The van der Waals surface area contributed by atoms with Gasteiger partial charge in [-0.1, -0.05) is 20.8 Å². The van der Waals surface area contributed by atoms with Crippen LogP contribution < -0.4 is 5.32 Å². The summed E-state index contributed by atoms with van der Waals surface area (Å²) in [5, 5.41) is 8.95. The normalized spacial score (nSPS) is 13.7. The van der Waals surface area contributed by atoms with E-state index in [0.29, 0.717) is 6.04 Å². The van der Waals surface area contributed by atoms with Crippen molar-refractivity contribution in [3.8, 4) is 0 Å². The van der Waals surface area contributed by atoms with Crippen molar-refractivity contribution >= 4 is 11.3 Å². The summed E-state index contributed by atoms with van der Waals surface area (Å²) < 4.78 is 1.90. The average Bonchev–Trinajstić information content (AvgIpc) is 2.92. The number of aryl methyl sites for hydroxylation is 2. The smallest absolute Gasteiger partial charge is 0.0985 e. The summed E-state index contributed by atoms with van der Waals surface area (Å²) in [5.41, 5.74) is 2.45. The van der Waals surface area contributed by atoms with Crippen LogP contribution in [0.5, 0.6) is 0 Å². The van der Waals surface area contributed by atoms with Crippen LogP contribution in [0.4, 0.5) is 0 Å². The molecule has 0 aromatic carbocycles. The fourth-order valence-electron chi connectivity index (χ4n) is 2.06. The molecule has 1 unspecified atom stereocenters. The molecule has 2 heterocycles. The molecule has 20 heavy (non-hydrogen) atoms. The molecule has 2 rings (SSSR count). The molecule has 0 fully saturated rings. The van der Waals surface area contributed by atoms with Gasteiger partial charge in [-0.2, -0.15) is 5.10 Å². The van der Waals surface area contributed by atoms with Crippen molar-refractivity contribution in [2.24, 2.45) is 7.05 Å². The van der Waals surface area contributed by atoms with E-state index in [4.69, 9.17) is 4.98 Å². The maximum atomic E-state index is 4.73. The first kappa shape index (κ1) is 15.2. The zero-order valence-electron chi connectivity index (χ0n) is 13.2. The minimum atomic E-state index is 0.120. The first-order valence-corrected chi connectivity index (χ1v) is 7.78. The molecule has 4 nitrogen and oxygen atoms in total. The Bertz CT molecular complexity index is 577. The lowest BCUT2D eigenvalue weighted by Gasteiger charge is -2.14. The lowest BCUT2D eigenvalue weighted by atomic mass is 9.98. The third-order valence-electron chi connectivity index (χ3n) is 3.38. The number of rotatable bonds is 4. The van der Waals surface area contributed by atoms with E-state index in [1.807, 2.05) is 35.3 Å². The number of hydrogen-bond acceptors (Lipinski definition) is 4. The van der Waals surface area contributed by atoms with Crippen LogP contribution in [0.1, 0.15) is 55.0 Å². The summed E-state index contributed by atoms with van der Waals surface area (Å²) >= 11 is 1.82. The van der Waals surface area contributed by atoms with Gasteiger partial charge in [0.05, 0.1) is 16.4 Å². The molecule has 110 valence electrons. The van der Waals surface area contributed by atoms with Crippen molar-refractivity contribution in [1.29, 1.82) is 0 Å². The molecule has 1 N–H and O–H groups in total. The highest BCUT2D eigenvalue weighted by molar-refractivity contribution is 7.12. The summed E-state index contributed by atoms with van der Waals surface area (Å²) in [7, 11) is 1.97. The highest BCUT2D eigenvalue weighted by atomic mass is 32.1. The number of aromatic nitrogens is 3. The lowest BCUT2D eigenvalue weighted by molar-refractivity contribution is 0.551. The SMILES string of the molecule is Cc1nc(C(C)(C)C)sc1C(C)NCc1ccnn1C. The van der Waals surface area contributed by atoms with E-state index >= 15 is 0 Å². The maximum absolute atomic E-state index is 4.73. The first-order valence-electron chi connectivity index (χ1n) is 6.97. The third kappa shape index (κ3) is 3.27. The Hall–Kier alpha value is -1.20. The fraction of sp³-hybridized carbons (Fsp3) is 0.600. The molecule has 2 aromatic rings. The molecular formula is C15H24N4S. The van der Waals surface area contributed by atoms with Crippen molar-refractivity contribution < 1.29 is 0 Å². The zero-order valence-corrected chi connectivity index (χ0v) is 14.0. The molecule has 0 bridgehead atoms. The third-order valence-corrected chi connectivity index (χ3v) is 5.15. The van der Waals surface area contributed by atoms with E-state index in [1.165, 1.54) is 15.6 Å². The van der Waals surface area contributed by atoms with Crippen molar-refractivity contribution in [3.63, 3.8) is 0 Å². The van der Waals surface area contributed by atoms with Gasteiger partial charge in [-0.3, -0.25) is 4.68 Å². The van der Waals surface area contributed by atoms with Gasteiger partial charge in [0, 0.05) is 36.1 Å². The van der Waals surface area contributed by atoms with Crippen LogP contribution in [-0.4, -0.2) is 14.8 Å². The monoisotopic (exact) mass is 292 g/mol. The van der Waals surface area contributed by atoms with E-state index in [-0.39, 0.29) is 5.41 Å².